The fraction of sp³-hybridized carbons (Fsp3) is 0.875. The number of carbonyl (C=O) groups is 1. The maximum absolute atomic E-state index is 10.9. The molecule has 0 aliphatic carbocycles. The normalized spacial score (nSPS) is 12.6. The molecule has 0 aromatic heterocycles. The lowest BCUT2D eigenvalue weighted by atomic mass is 10.3. The Hall–Kier alpha value is -0.220. The minimum Gasteiger partial charge on any atom is -0.356 e. The Morgan fingerprint density at radius 1 is 1.67 bits per heavy atom. The minimum absolute atomic E-state index is 0.0609. The average Bonchev–Trinajstić information content (AvgIpc) is 2.04. The molecule has 0 aliphatic heterocycles. The highest BCUT2D eigenvalue weighted by Crippen LogP contribution is 2.07. The van der Waals surface area contributed by atoms with E-state index in [2.05, 4.69) is 18.5 Å². The molecule has 0 aromatic rings. The van der Waals surface area contributed by atoms with Crippen LogP contribution < -0.4 is 11.1 Å². The lowest BCUT2D eigenvalue weighted by Gasteiger charge is -2.08. The quantitative estimate of drug-likeness (QED) is 0.644. The molecule has 1 atom stereocenters. The van der Waals surface area contributed by atoms with Gasteiger partial charge in [0, 0.05) is 24.8 Å². The van der Waals surface area contributed by atoms with Crippen LogP contribution in [-0.2, 0) is 4.79 Å². The molecule has 4 heteroatoms. The number of amides is 1. The third-order valence-electron chi connectivity index (χ3n) is 1.65. The van der Waals surface area contributed by atoms with Gasteiger partial charge in [0.15, 0.2) is 0 Å². The Morgan fingerprint density at radius 2 is 2.33 bits per heavy atom. The highest BCUT2D eigenvalue weighted by atomic mass is 32.2. The number of nitrogens with one attached hydrogen (secondary N) is 1. The number of rotatable bonds is 6. The van der Waals surface area contributed by atoms with Gasteiger partial charge in [-0.1, -0.05) is 6.92 Å². The van der Waals surface area contributed by atoms with Crippen molar-refractivity contribution in [2.75, 3.05) is 19.3 Å². The fourth-order valence-electron chi connectivity index (χ4n) is 0.752. The van der Waals surface area contributed by atoms with Crippen LogP contribution >= 0.6 is 11.8 Å². The van der Waals surface area contributed by atoms with Gasteiger partial charge in [-0.2, -0.15) is 11.8 Å². The first-order chi connectivity index (χ1) is 5.70. The van der Waals surface area contributed by atoms with Gasteiger partial charge in [-0.3, -0.25) is 4.79 Å². The topological polar surface area (TPSA) is 55.1 Å². The van der Waals surface area contributed by atoms with Crippen molar-refractivity contribution < 1.29 is 4.79 Å². The number of hydrogen-bond acceptors (Lipinski definition) is 3. The molecule has 12 heavy (non-hydrogen) atoms. The van der Waals surface area contributed by atoms with Crippen molar-refractivity contribution in [2.45, 2.75) is 25.0 Å². The van der Waals surface area contributed by atoms with E-state index in [1.165, 1.54) is 0 Å². The predicted octanol–water partition coefficient (Wildman–Crippen LogP) is 0.593. The van der Waals surface area contributed by atoms with Crippen molar-refractivity contribution in [3.63, 3.8) is 0 Å². The molecule has 0 bridgehead atoms. The van der Waals surface area contributed by atoms with Crippen LogP contribution in [0.1, 0.15) is 19.8 Å². The zero-order valence-electron chi connectivity index (χ0n) is 7.80. The highest BCUT2D eigenvalue weighted by molar-refractivity contribution is 7.99. The van der Waals surface area contributed by atoms with E-state index in [0.717, 1.165) is 13.0 Å². The number of hydrogen-bond donors (Lipinski definition) is 2. The highest BCUT2D eigenvalue weighted by Gasteiger charge is 2.01. The van der Waals surface area contributed by atoms with Crippen molar-refractivity contribution in [1.82, 2.24) is 5.32 Å². The second kappa shape index (κ2) is 7.43. The zero-order chi connectivity index (χ0) is 9.40. The first-order valence-electron chi connectivity index (χ1n) is 4.20. The first kappa shape index (κ1) is 11.8. The molecule has 0 aromatic carbocycles. The third-order valence-corrected chi connectivity index (χ3v) is 2.69. The van der Waals surface area contributed by atoms with Crippen LogP contribution in [0.25, 0.3) is 0 Å². The van der Waals surface area contributed by atoms with Gasteiger partial charge < -0.3 is 11.1 Å². The molecule has 0 fully saturated rings. The second-order valence-electron chi connectivity index (χ2n) is 2.72. The molecular weight excluding hydrogens is 172 g/mol. The Kier molecular flexibility index (Phi) is 7.29. The monoisotopic (exact) mass is 190 g/mol. The molecule has 72 valence electrons. The molecule has 0 aliphatic rings. The number of thioether (sulfide) groups is 1. The standard InChI is InChI=1S/C8H18N2OS/c1-7(12-2)4-6-10-8(11)3-5-9/h7H,3-6,9H2,1-2H3,(H,10,11). The molecule has 3 nitrogen and oxygen atoms in total. The maximum atomic E-state index is 10.9. The molecule has 0 heterocycles. The van der Waals surface area contributed by atoms with Crippen molar-refractivity contribution in [1.29, 1.82) is 0 Å². The van der Waals surface area contributed by atoms with Gasteiger partial charge in [0.25, 0.3) is 0 Å². The smallest absolute Gasteiger partial charge is 0.221 e. The van der Waals surface area contributed by atoms with Crippen LogP contribution in [0.5, 0.6) is 0 Å². The summed E-state index contributed by atoms with van der Waals surface area (Å²) in [4.78, 5) is 10.9. The van der Waals surface area contributed by atoms with Crippen LogP contribution in [-0.4, -0.2) is 30.5 Å². The molecule has 0 spiro atoms. The Bertz CT molecular complexity index is 130. The summed E-state index contributed by atoms with van der Waals surface area (Å²) in [6.45, 7) is 3.35. The minimum atomic E-state index is 0.0609. The molecule has 1 unspecified atom stereocenters. The van der Waals surface area contributed by atoms with E-state index in [4.69, 9.17) is 5.73 Å². The Morgan fingerprint density at radius 3 is 2.83 bits per heavy atom. The molecule has 0 saturated carbocycles. The third kappa shape index (κ3) is 6.49. The van der Waals surface area contributed by atoms with Gasteiger partial charge in [-0.15, -0.1) is 0 Å². The first-order valence-corrected chi connectivity index (χ1v) is 5.49. The predicted molar refractivity (Wildman–Crippen MR) is 54.3 cm³/mol. The largest absolute Gasteiger partial charge is 0.356 e. The van der Waals surface area contributed by atoms with E-state index >= 15 is 0 Å². The van der Waals surface area contributed by atoms with Gasteiger partial charge in [-0.25, -0.2) is 0 Å². The zero-order valence-corrected chi connectivity index (χ0v) is 8.62. The molecule has 1 amide bonds. The van der Waals surface area contributed by atoms with Crippen molar-refractivity contribution in [2.24, 2.45) is 5.73 Å². The summed E-state index contributed by atoms with van der Waals surface area (Å²) >= 11 is 1.81. The van der Waals surface area contributed by atoms with E-state index in [1.54, 1.807) is 0 Å². The van der Waals surface area contributed by atoms with Crippen LogP contribution in [0.2, 0.25) is 0 Å². The van der Waals surface area contributed by atoms with E-state index in [9.17, 15) is 4.79 Å². The summed E-state index contributed by atoms with van der Waals surface area (Å²) in [6, 6.07) is 0. The lowest BCUT2D eigenvalue weighted by Crippen LogP contribution is -2.27. The molecule has 0 radical (unpaired) electrons. The van der Waals surface area contributed by atoms with Crippen molar-refractivity contribution in [3.05, 3.63) is 0 Å². The van der Waals surface area contributed by atoms with Crippen LogP contribution in [0.15, 0.2) is 0 Å². The van der Waals surface area contributed by atoms with Crippen molar-refractivity contribution >= 4 is 17.7 Å². The Balaban J connectivity index is 3.24. The SMILES string of the molecule is CSC(C)CCNC(=O)CCN. The summed E-state index contributed by atoms with van der Waals surface area (Å²) in [5.74, 6) is 0.0609. The van der Waals surface area contributed by atoms with E-state index < -0.39 is 0 Å². The van der Waals surface area contributed by atoms with E-state index in [0.29, 0.717) is 18.2 Å². The Labute approximate surface area is 78.5 Å². The molecule has 0 saturated heterocycles. The molecule has 3 N–H and O–H groups in total. The summed E-state index contributed by atoms with van der Waals surface area (Å²) in [5.41, 5.74) is 5.22. The van der Waals surface area contributed by atoms with Crippen LogP contribution in [0.4, 0.5) is 0 Å². The van der Waals surface area contributed by atoms with Gasteiger partial charge in [-0.05, 0) is 12.7 Å². The summed E-state index contributed by atoms with van der Waals surface area (Å²) < 4.78 is 0. The van der Waals surface area contributed by atoms with Crippen LogP contribution in [0, 0.1) is 0 Å². The summed E-state index contributed by atoms with van der Waals surface area (Å²) in [7, 11) is 0. The summed E-state index contributed by atoms with van der Waals surface area (Å²) in [5, 5.41) is 3.43. The van der Waals surface area contributed by atoms with Gasteiger partial charge in [0.1, 0.15) is 0 Å². The molecule has 0 rings (SSSR count). The summed E-state index contributed by atoms with van der Waals surface area (Å²) in [6.07, 6.45) is 3.54. The number of nitrogens with two attached hydrogens (primary N) is 1. The van der Waals surface area contributed by atoms with Gasteiger partial charge in [0.05, 0.1) is 0 Å². The number of carbonyl (C=O) groups excluding carboxylic acids is 1. The maximum Gasteiger partial charge on any atom is 0.221 e. The second-order valence-corrected chi connectivity index (χ2v) is 4.00. The average molecular weight is 190 g/mol. The van der Waals surface area contributed by atoms with Gasteiger partial charge in [0.2, 0.25) is 5.91 Å². The van der Waals surface area contributed by atoms with Crippen molar-refractivity contribution in [3.8, 4) is 0 Å². The van der Waals surface area contributed by atoms with E-state index in [-0.39, 0.29) is 5.91 Å². The van der Waals surface area contributed by atoms with Crippen LogP contribution in [0.3, 0.4) is 0 Å². The van der Waals surface area contributed by atoms with Gasteiger partial charge >= 0.3 is 0 Å². The fourth-order valence-corrected chi connectivity index (χ4v) is 1.11. The van der Waals surface area contributed by atoms with E-state index in [1.807, 2.05) is 11.8 Å². The lowest BCUT2D eigenvalue weighted by molar-refractivity contribution is -0.120. The molecular formula is C8H18N2OS.